The highest BCUT2D eigenvalue weighted by Crippen LogP contribution is 2.57. The Bertz CT molecular complexity index is 3040. The number of benzene rings is 10. The average molecular weight is 738 g/mol. The average Bonchev–Trinajstić information content (AvgIpc) is 3.61. The van der Waals surface area contributed by atoms with Crippen LogP contribution in [0.5, 0.6) is 0 Å². The Morgan fingerprint density at radius 3 is 1.45 bits per heavy atom. The van der Waals surface area contributed by atoms with Crippen molar-refractivity contribution in [2.24, 2.45) is 0 Å². The molecule has 0 fully saturated rings. The maximum atomic E-state index is 2.41. The van der Waals surface area contributed by atoms with E-state index in [0.717, 1.165) is 17.1 Å². The zero-order valence-corrected chi connectivity index (χ0v) is 32.0. The molecule has 0 atom stereocenters. The SMILES string of the molecule is c1ccc(-c2ccc(N(c3ccc(-c4ccc5c(ccc6ccccc65)c4)cc3)c3ccc4c(c3)-c3ccccc3C4(c3ccccc3)c3ccccc3)cc2)cc1. The molecule has 1 nitrogen and oxygen atoms in total. The van der Waals surface area contributed by atoms with Crippen LogP contribution in [-0.2, 0) is 5.41 Å². The standard InChI is InChI=1S/C57H39N/c1-4-14-40(15-5-1)41-26-31-48(32-27-41)58(49-33-28-42(29-34-49)44-30-36-52-45(38-44)25-24-43-16-10-11-21-51(43)52)50-35-37-56-54(39-50)53-22-12-13-23-55(53)57(56,46-17-6-2-7-18-46)47-19-8-3-9-20-47/h1-39H. The molecule has 0 spiro atoms. The Labute approximate surface area is 339 Å². The first-order valence-corrected chi connectivity index (χ1v) is 20.1. The summed E-state index contributed by atoms with van der Waals surface area (Å²) in [6, 6.07) is 86.7. The van der Waals surface area contributed by atoms with Gasteiger partial charge in [-0.1, -0.05) is 194 Å². The third kappa shape index (κ3) is 5.47. The maximum Gasteiger partial charge on any atom is 0.0713 e. The van der Waals surface area contributed by atoms with E-state index >= 15 is 0 Å². The second kappa shape index (κ2) is 13.9. The van der Waals surface area contributed by atoms with E-state index in [1.54, 1.807) is 0 Å². The molecule has 1 aliphatic carbocycles. The molecule has 1 aliphatic rings. The minimum Gasteiger partial charge on any atom is -0.310 e. The van der Waals surface area contributed by atoms with Gasteiger partial charge in [0.2, 0.25) is 0 Å². The van der Waals surface area contributed by atoms with E-state index in [-0.39, 0.29) is 0 Å². The van der Waals surface area contributed by atoms with Crippen LogP contribution in [0.25, 0.3) is 54.9 Å². The van der Waals surface area contributed by atoms with Crippen LogP contribution < -0.4 is 4.90 Å². The molecule has 0 heterocycles. The summed E-state index contributed by atoms with van der Waals surface area (Å²) in [4.78, 5) is 2.40. The minimum absolute atomic E-state index is 0.442. The monoisotopic (exact) mass is 737 g/mol. The van der Waals surface area contributed by atoms with Gasteiger partial charge < -0.3 is 4.90 Å². The van der Waals surface area contributed by atoms with Crippen LogP contribution in [0.2, 0.25) is 0 Å². The Kier molecular flexibility index (Phi) is 8.12. The normalized spacial score (nSPS) is 12.6. The molecule has 272 valence electrons. The summed E-state index contributed by atoms with van der Waals surface area (Å²) in [6.45, 7) is 0. The van der Waals surface area contributed by atoms with Crippen molar-refractivity contribution >= 4 is 38.6 Å². The Hall–Kier alpha value is -7.48. The van der Waals surface area contributed by atoms with E-state index in [0.29, 0.717) is 0 Å². The summed E-state index contributed by atoms with van der Waals surface area (Å²) < 4.78 is 0. The van der Waals surface area contributed by atoms with E-state index in [1.807, 2.05) is 0 Å². The zero-order chi connectivity index (χ0) is 38.5. The van der Waals surface area contributed by atoms with Gasteiger partial charge in [0.25, 0.3) is 0 Å². The predicted octanol–water partition coefficient (Wildman–Crippen LogP) is 15.2. The van der Waals surface area contributed by atoms with Gasteiger partial charge in [-0.25, -0.2) is 0 Å². The van der Waals surface area contributed by atoms with Crippen LogP contribution in [0, 0.1) is 0 Å². The molecule has 0 saturated heterocycles. The van der Waals surface area contributed by atoms with Gasteiger partial charge in [0, 0.05) is 17.1 Å². The van der Waals surface area contributed by atoms with E-state index in [2.05, 4.69) is 241 Å². The molecule has 1 heteroatoms. The van der Waals surface area contributed by atoms with Gasteiger partial charge in [-0.3, -0.25) is 0 Å². The highest BCUT2D eigenvalue weighted by atomic mass is 15.1. The second-order valence-corrected chi connectivity index (χ2v) is 15.3. The smallest absolute Gasteiger partial charge is 0.0713 e. The maximum absolute atomic E-state index is 2.41. The molecule has 58 heavy (non-hydrogen) atoms. The van der Waals surface area contributed by atoms with Gasteiger partial charge in [-0.05, 0) is 120 Å². The summed E-state index contributed by atoms with van der Waals surface area (Å²) in [5.41, 5.74) is 15.4. The molecule has 0 N–H and O–H groups in total. The molecule has 10 aromatic carbocycles. The summed E-state index contributed by atoms with van der Waals surface area (Å²) >= 11 is 0. The number of nitrogens with zero attached hydrogens (tertiary/aromatic N) is 1. The summed E-state index contributed by atoms with van der Waals surface area (Å²) in [6.07, 6.45) is 0. The Morgan fingerprint density at radius 1 is 0.276 bits per heavy atom. The molecular formula is C57H39N. The number of fused-ring (bicyclic) bond motifs is 6. The van der Waals surface area contributed by atoms with Gasteiger partial charge in [-0.2, -0.15) is 0 Å². The molecule has 0 unspecified atom stereocenters. The van der Waals surface area contributed by atoms with Crippen molar-refractivity contribution in [2.45, 2.75) is 5.41 Å². The number of hydrogen-bond donors (Lipinski definition) is 0. The highest BCUT2D eigenvalue weighted by molar-refractivity contribution is 6.08. The first-order valence-electron chi connectivity index (χ1n) is 20.1. The minimum atomic E-state index is -0.442. The topological polar surface area (TPSA) is 3.24 Å². The summed E-state index contributed by atoms with van der Waals surface area (Å²) in [5, 5.41) is 5.09. The fraction of sp³-hybridized carbons (Fsp3) is 0.0175. The van der Waals surface area contributed by atoms with Crippen molar-refractivity contribution in [3.05, 3.63) is 259 Å². The molecule has 0 amide bonds. The largest absolute Gasteiger partial charge is 0.310 e. The first kappa shape index (κ1) is 33.8. The fourth-order valence-corrected chi connectivity index (χ4v) is 9.45. The van der Waals surface area contributed by atoms with Crippen LogP contribution in [0.15, 0.2) is 237 Å². The lowest BCUT2D eigenvalue weighted by Gasteiger charge is -2.34. The van der Waals surface area contributed by atoms with Crippen LogP contribution >= 0.6 is 0 Å². The van der Waals surface area contributed by atoms with Gasteiger partial charge in [0.1, 0.15) is 0 Å². The van der Waals surface area contributed by atoms with Crippen molar-refractivity contribution in [1.82, 2.24) is 0 Å². The fourth-order valence-electron chi connectivity index (χ4n) is 9.45. The molecule has 0 bridgehead atoms. The first-order chi connectivity index (χ1) is 28.8. The second-order valence-electron chi connectivity index (χ2n) is 15.3. The van der Waals surface area contributed by atoms with Gasteiger partial charge in [-0.15, -0.1) is 0 Å². The lowest BCUT2D eigenvalue weighted by atomic mass is 9.68. The van der Waals surface area contributed by atoms with E-state index < -0.39 is 5.41 Å². The third-order valence-electron chi connectivity index (χ3n) is 12.1. The molecule has 0 saturated carbocycles. The van der Waals surface area contributed by atoms with Crippen molar-refractivity contribution in [3.8, 4) is 33.4 Å². The molecule has 10 aromatic rings. The van der Waals surface area contributed by atoms with Crippen molar-refractivity contribution in [3.63, 3.8) is 0 Å². The van der Waals surface area contributed by atoms with Crippen molar-refractivity contribution in [2.75, 3.05) is 4.90 Å². The molecule has 0 aliphatic heterocycles. The Morgan fingerprint density at radius 2 is 0.759 bits per heavy atom. The van der Waals surface area contributed by atoms with Gasteiger partial charge >= 0.3 is 0 Å². The van der Waals surface area contributed by atoms with Crippen molar-refractivity contribution < 1.29 is 0 Å². The lowest BCUT2D eigenvalue weighted by Crippen LogP contribution is -2.28. The summed E-state index contributed by atoms with van der Waals surface area (Å²) in [5.74, 6) is 0. The van der Waals surface area contributed by atoms with Crippen LogP contribution in [0.1, 0.15) is 22.3 Å². The van der Waals surface area contributed by atoms with Crippen LogP contribution in [0.4, 0.5) is 17.1 Å². The number of hydrogen-bond acceptors (Lipinski definition) is 1. The Balaban J connectivity index is 1.06. The van der Waals surface area contributed by atoms with Crippen molar-refractivity contribution in [1.29, 1.82) is 0 Å². The number of anilines is 3. The molecular weight excluding hydrogens is 699 g/mol. The van der Waals surface area contributed by atoms with E-state index in [9.17, 15) is 0 Å². The van der Waals surface area contributed by atoms with Gasteiger partial charge in [0.05, 0.1) is 5.41 Å². The predicted molar refractivity (Wildman–Crippen MR) is 244 cm³/mol. The number of rotatable bonds is 7. The van der Waals surface area contributed by atoms with Crippen LogP contribution in [-0.4, -0.2) is 0 Å². The highest BCUT2D eigenvalue weighted by Gasteiger charge is 2.46. The zero-order valence-electron chi connectivity index (χ0n) is 32.0. The quantitative estimate of drug-likeness (QED) is 0.147. The van der Waals surface area contributed by atoms with Crippen LogP contribution in [0.3, 0.4) is 0 Å². The lowest BCUT2D eigenvalue weighted by molar-refractivity contribution is 0.768. The van der Waals surface area contributed by atoms with Gasteiger partial charge in [0.15, 0.2) is 0 Å². The van der Waals surface area contributed by atoms with E-state index in [4.69, 9.17) is 0 Å². The van der Waals surface area contributed by atoms with E-state index in [1.165, 1.54) is 77.2 Å². The molecule has 0 radical (unpaired) electrons. The molecule has 0 aromatic heterocycles. The molecule has 11 rings (SSSR count). The third-order valence-corrected chi connectivity index (χ3v) is 12.1. The summed E-state index contributed by atoms with van der Waals surface area (Å²) in [7, 11) is 0.